The molecule has 0 aromatic carbocycles. The molecule has 0 spiro atoms. The number of aliphatic hydroxyl groups excluding tert-OH is 1. The van der Waals surface area contributed by atoms with Gasteiger partial charge in [-0.3, -0.25) is 0 Å². The molecule has 0 aromatic rings. The molecule has 1 atom stereocenters. The molecule has 1 unspecified atom stereocenters. The van der Waals surface area contributed by atoms with E-state index in [0.29, 0.717) is 5.88 Å². The van der Waals surface area contributed by atoms with Crippen LogP contribution in [0.3, 0.4) is 0 Å². The van der Waals surface area contributed by atoms with Gasteiger partial charge in [-0.1, -0.05) is 0 Å². The first-order chi connectivity index (χ1) is 2.27. The molecule has 1 nitrogen and oxygen atoms in total. The van der Waals surface area contributed by atoms with Crippen molar-refractivity contribution in [3.63, 3.8) is 0 Å². The second-order valence-corrected chi connectivity index (χ2v) is 1.31. The third kappa shape index (κ3) is 8.98. The number of halogens is 1. The molecule has 6 heavy (non-hydrogen) atoms. The maximum absolute atomic E-state index is 8.23. The van der Waals surface area contributed by atoms with Crippen molar-refractivity contribution in [3.8, 4) is 0 Å². The molecular weight excluding hydrogens is 110 g/mol. The predicted octanol–water partition coefficient (Wildman–Crippen LogP) is 0.225. The Morgan fingerprint density at radius 2 is 2.00 bits per heavy atom. The van der Waals surface area contributed by atoms with Crippen LogP contribution in [0.2, 0.25) is 0 Å². The molecule has 1 radical (unpaired) electrons. The van der Waals surface area contributed by atoms with Crippen LogP contribution in [-0.4, -0.2) is 46.6 Å². The Bertz CT molecular complexity index is 24.8. The molecular formula is C3H7ClNaO. The van der Waals surface area contributed by atoms with Crippen LogP contribution < -0.4 is 0 Å². The van der Waals surface area contributed by atoms with Crippen LogP contribution in [0.4, 0.5) is 0 Å². The van der Waals surface area contributed by atoms with Crippen molar-refractivity contribution in [3.05, 3.63) is 0 Å². The summed E-state index contributed by atoms with van der Waals surface area (Å²) in [6.45, 7) is 1.65. The monoisotopic (exact) mass is 117 g/mol. The summed E-state index contributed by atoms with van der Waals surface area (Å²) >= 11 is 5.09. The first kappa shape index (κ1) is 10.3. The summed E-state index contributed by atoms with van der Waals surface area (Å²) in [5.74, 6) is 0.333. The second kappa shape index (κ2) is 6.25. The fourth-order valence-electron chi connectivity index (χ4n) is 0. The van der Waals surface area contributed by atoms with E-state index in [0.717, 1.165) is 0 Å². The van der Waals surface area contributed by atoms with E-state index in [2.05, 4.69) is 0 Å². The SMILES string of the molecule is CC(O)CCl.[Na]. The topological polar surface area (TPSA) is 20.2 Å². The largest absolute Gasteiger partial charge is 0.392 e. The number of alkyl halides is 1. The number of hydrogen-bond donors (Lipinski definition) is 1. The Kier molecular flexibility index (Phi) is 10.7. The number of aliphatic hydroxyl groups is 1. The van der Waals surface area contributed by atoms with Crippen molar-refractivity contribution < 1.29 is 5.11 Å². The van der Waals surface area contributed by atoms with Crippen LogP contribution >= 0.6 is 11.6 Å². The minimum atomic E-state index is -0.350. The van der Waals surface area contributed by atoms with Gasteiger partial charge in [0, 0.05) is 35.4 Å². The standard InChI is InChI=1S/C3H7ClO.Na/c1-3(5)2-4;/h3,5H,2H2,1H3;. The van der Waals surface area contributed by atoms with Crippen molar-refractivity contribution >= 4 is 41.2 Å². The minimum absolute atomic E-state index is 0. The minimum Gasteiger partial charge on any atom is -0.392 e. The third-order valence-corrected chi connectivity index (χ3v) is 0.670. The average Bonchev–Trinajstić information content (AvgIpc) is 1.38. The maximum Gasteiger partial charge on any atom is 0.0647 e. The van der Waals surface area contributed by atoms with E-state index in [4.69, 9.17) is 16.7 Å². The van der Waals surface area contributed by atoms with E-state index in [1.807, 2.05) is 0 Å². The molecule has 0 fully saturated rings. The fourth-order valence-corrected chi connectivity index (χ4v) is 0. The predicted molar refractivity (Wildman–Crippen MR) is 28.2 cm³/mol. The van der Waals surface area contributed by atoms with Crippen LogP contribution in [0.5, 0.6) is 0 Å². The van der Waals surface area contributed by atoms with E-state index >= 15 is 0 Å². The maximum atomic E-state index is 8.23. The molecule has 0 bridgehead atoms. The number of rotatable bonds is 1. The van der Waals surface area contributed by atoms with Gasteiger partial charge in [-0.05, 0) is 6.92 Å². The van der Waals surface area contributed by atoms with Crippen molar-refractivity contribution in [2.75, 3.05) is 5.88 Å². The van der Waals surface area contributed by atoms with Gasteiger partial charge in [0.25, 0.3) is 0 Å². The summed E-state index contributed by atoms with van der Waals surface area (Å²) in [6, 6.07) is 0. The van der Waals surface area contributed by atoms with Crippen LogP contribution in [0.15, 0.2) is 0 Å². The summed E-state index contributed by atoms with van der Waals surface area (Å²) in [6.07, 6.45) is -0.350. The van der Waals surface area contributed by atoms with Gasteiger partial charge in [0.15, 0.2) is 0 Å². The first-order valence-electron chi connectivity index (χ1n) is 1.51. The van der Waals surface area contributed by atoms with E-state index in [1.54, 1.807) is 6.92 Å². The van der Waals surface area contributed by atoms with Crippen molar-refractivity contribution in [2.24, 2.45) is 0 Å². The van der Waals surface area contributed by atoms with Crippen molar-refractivity contribution in [2.45, 2.75) is 13.0 Å². The molecule has 3 heteroatoms. The van der Waals surface area contributed by atoms with Gasteiger partial charge in [-0.2, -0.15) is 0 Å². The molecule has 0 aromatic heterocycles. The summed E-state index contributed by atoms with van der Waals surface area (Å²) in [5.41, 5.74) is 0. The van der Waals surface area contributed by atoms with Gasteiger partial charge in [0.1, 0.15) is 0 Å². The smallest absolute Gasteiger partial charge is 0.0647 e. The molecule has 0 amide bonds. The van der Waals surface area contributed by atoms with E-state index in [9.17, 15) is 0 Å². The molecule has 0 aliphatic carbocycles. The van der Waals surface area contributed by atoms with Gasteiger partial charge < -0.3 is 5.11 Å². The normalized spacial score (nSPS) is 12.5. The Labute approximate surface area is 65.0 Å². The third-order valence-electron chi connectivity index (χ3n) is 0.223. The van der Waals surface area contributed by atoms with Gasteiger partial charge in [0.05, 0.1) is 6.10 Å². The molecule has 0 rings (SSSR count). The van der Waals surface area contributed by atoms with E-state index in [-0.39, 0.29) is 35.7 Å². The number of hydrogen-bond acceptors (Lipinski definition) is 1. The van der Waals surface area contributed by atoms with Crippen LogP contribution in [0, 0.1) is 0 Å². The van der Waals surface area contributed by atoms with Crippen LogP contribution in [0.25, 0.3) is 0 Å². The van der Waals surface area contributed by atoms with Gasteiger partial charge in [-0.25, -0.2) is 0 Å². The quantitative estimate of drug-likeness (QED) is 0.385. The fraction of sp³-hybridized carbons (Fsp3) is 1.00. The molecule has 33 valence electrons. The summed E-state index contributed by atoms with van der Waals surface area (Å²) in [5, 5.41) is 8.23. The van der Waals surface area contributed by atoms with E-state index < -0.39 is 0 Å². The van der Waals surface area contributed by atoms with Crippen LogP contribution in [-0.2, 0) is 0 Å². The Balaban J connectivity index is 0. The molecule has 1 N–H and O–H groups in total. The Morgan fingerprint density at radius 1 is 1.83 bits per heavy atom. The Morgan fingerprint density at radius 3 is 2.00 bits per heavy atom. The summed E-state index contributed by atoms with van der Waals surface area (Å²) in [7, 11) is 0. The van der Waals surface area contributed by atoms with Crippen molar-refractivity contribution in [1.82, 2.24) is 0 Å². The molecule has 0 saturated heterocycles. The molecule has 0 aliphatic heterocycles. The molecule has 0 saturated carbocycles. The van der Waals surface area contributed by atoms with E-state index in [1.165, 1.54) is 0 Å². The van der Waals surface area contributed by atoms with Gasteiger partial charge in [-0.15, -0.1) is 11.6 Å². The zero-order valence-electron chi connectivity index (χ0n) is 4.11. The van der Waals surface area contributed by atoms with Gasteiger partial charge >= 0.3 is 0 Å². The second-order valence-electron chi connectivity index (χ2n) is 1.00. The Hall–Kier alpha value is 1.25. The zero-order chi connectivity index (χ0) is 4.28. The summed E-state index contributed by atoms with van der Waals surface area (Å²) in [4.78, 5) is 0. The van der Waals surface area contributed by atoms with Crippen LogP contribution in [0.1, 0.15) is 6.92 Å². The average molecular weight is 118 g/mol. The zero-order valence-corrected chi connectivity index (χ0v) is 6.87. The van der Waals surface area contributed by atoms with Gasteiger partial charge in [0.2, 0.25) is 0 Å². The molecule has 0 heterocycles. The first-order valence-corrected chi connectivity index (χ1v) is 2.05. The summed E-state index contributed by atoms with van der Waals surface area (Å²) < 4.78 is 0. The molecule has 0 aliphatic rings. The van der Waals surface area contributed by atoms with Crippen molar-refractivity contribution in [1.29, 1.82) is 0 Å².